The summed E-state index contributed by atoms with van der Waals surface area (Å²) in [6.07, 6.45) is 21.0. The SMILES string of the molecule is CCCCC1CCCCC1.CCCCCc1ccccc1.CCCCc1ccccc1.Cc1cc(C)cc(C)c1. The first-order valence-electron chi connectivity index (χ1n) is 16.6. The lowest BCUT2D eigenvalue weighted by Gasteiger charge is -2.20. The van der Waals surface area contributed by atoms with Gasteiger partial charge in [-0.2, -0.15) is 0 Å². The number of hydrogen-bond acceptors (Lipinski definition) is 0. The van der Waals surface area contributed by atoms with Crippen molar-refractivity contribution in [1.82, 2.24) is 0 Å². The topological polar surface area (TPSA) is 0 Å². The summed E-state index contributed by atoms with van der Waals surface area (Å²) < 4.78 is 0. The van der Waals surface area contributed by atoms with Crippen molar-refractivity contribution in [3.63, 3.8) is 0 Å². The second-order valence-electron chi connectivity index (χ2n) is 11.8. The van der Waals surface area contributed by atoms with E-state index in [2.05, 4.69) is 120 Å². The lowest BCUT2D eigenvalue weighted by Crippen LogP contribution is -2.05. The van der Waals surface area contributed by atoms with Crippen LogP contribution in [0.1, 0.15) is 132 Å². The Labute approximate surface area is 250 Å². The zero-order valence-electron chi connectivity index (χ0n) is 27.2. The van der Waals surface area contributed by atoms with Gasteiger partial charge in [0.1, 0.15) is 0 Å². The highest BCUT2D eigenvalue weighted by molar-refractivity contribution is 5.27. The lowest BCUT2D eigenvalue weighted by molar-refractivity contribution is 0.331. The summed E-state index contributed by atoms with van der Waals surface area (Å²) in [6, 6.07) is 27.9. The van der Waals surface area contributed by atoms with E-state index in [1.54, 1.807) is 0 Å². The van der Waals surface area contributed by atoms with Crippen molar-refractivity contribution < 1.29 is 0 Å². The Hall–Kier alpha value is -2.34. The molecule has 3 aromatic carbocycles. The summed E-state index contributed by atoms with van der Waals surface area (Å²) >= 11 is 0. The monoisotopic (exact) mass is 542 g/mol. The molecule has 1 fully saturated rings. The highest BCUT2D eigenvalue weighted by atomic mass is 14.2. The van der Waals surface area contributed by atoms with Crippen molar-refractivity contribution in [2.75, 3.05) is 0 Å². The second-order valence-corrected chi connectivity index (χ2v) is 11.8. The molecule has 0 saturated heterocycles. The van der Waals surface area contributed by atoms with Gasteiger partial charge < -0.3 is 0 Å². The van der Waals surface area contributed by atoms with Crippen LogP contribution in [0, 0.1) is 26.7 Å². The van der Waals surface area contributed by atoms with Gasteiger partial charge in [-0.3, -0.25) is 0 Å². The number of unbranched alkanes of at least 4 members (excludes halogenated alkanes) is 4. The van der Waals surface area contributed by atoms with Crippen molar-refractivity contribution in [3.05, 3.63) is 107 Å². The molecule has 0 aliphatic heterocycles. The minimum Gasteiger partial charge on any atom is -0.0654 e. The van der Waals surface area contributed by atoms with Gasteiger partial charge in [0.15, 0.2) is 0 Å². The molecule has 0 nitrogen and oxygen atoms in total. The van der Waals surface area contributed by atoms with Crippen molar-refractivity contribution in [3.8, 4) is 0 Å². The number of aryl methyl sites for hydroxylation is 5. The van der Waals surface area contributed by atoms with E-state index in [4.69, 9.17) is 0 Å². The van der Waals surface area contributed by atoms with Crippen molar-refractivity contribution >= 4 is 0 Å². The van der Waals surface area contributed by atoms with Gasteiger partial charge in [-0.05, 0) is 63.5 Å². The van der Waals surface area contributed by atoms with Gasteiger partial charge >= 0.3 is 0 Å². The fraction of sp³-hybridized carbons (Fsp3) is 0.550. The third-order valence-electron chi connectivity index (χ3n) is 7.63. The van der Waals surface area contributed by atoms with Crippen molar-refractivity contribution in [2.24, 2.45) is 5.92 Å². The van der Waals surface area contributed by atoms with Crippen molar-refractivity contribution in [1.29, 1.82) is 0 Å². The van der Waals surface area contributed by atoms with Crippen LogP contribution in [0.2, 0.25) is 0 Å². The standard InChI is InChI=1S/C11H16.C10H20.C10H14.C9H12/c1-2-3-5-8-11-9-6-4-7-10-11;2*1-2-3-7-10-8-5-4-6-9-10;1-7-4-8(2)6-9(3)5-7/h4,6-7,9-10H,2-3,5,8H2,1H3;10H,2-9H2,1H3;4-6,8-9H,2-3,7H2,1H3;4-6H,1-3H3. The van der Waals surface area contributed by atoms with Crippen LogP contribution in [-0.4, -0.2) is 0 Å². The predicted molar refractivity (Wildman–Crippen MR) is 181 cm³/mol. The molecule has 0 radical (unpaired) electrons. The molecule has 0 bridgehead atoms. The van der Waals surface area contributed by atoms with Gasteiger partial charge in [-0.25, -0.2) is 0 Å². The normalized spacial score (nSPS) is 12.7. The number of benzene rings is 3. The second kappa shape index (κ2) is 24.5. The van der Waals surface area contributed by atoms with E-state index in [9.17, 15) is 0 Å². The molecule has 0 heterocycles. The first-order chi connectivity index (χ1) is 19.5. The highest BCUT2D eigenvalue weighted by Gasteiger charge is 2.11. The van der Waals surface area contributed by atoms with Gasteiger partial charge in [0, 0.05) is 0 Å². The Morgan fingerprint density at radius 3 is 1.35 bits per heavy atom. The Kier molecular flexibility index (Phi) is 21.8. The third-order valence-corrected chi connectivity index (χ3v) is 7.63. The largest absolute Gasteiger partial charge is 0.0654 e. The van der Waals surface area contributed by atoms with E-state index in [0.717, 1.165) is 5.92 Å². The zero-order chi connectivity index (χ0) is 29.3. The Morgan fingerprint density at radius 2 is 0.925 bits per heavy atom. The van der Waals surface area contributed by atoms with E-state index < -0.39 is 0 Å². The molecule has 0 atom stereocenters. The maximum atomic E-state index is 2.29. The molecule has 1 aliphatic carbocycles. The van der Waals surface area contributed by atoms with Gasteiger partial charge in [0.2, 0.25) is 0 Å². The lowest BCUT2D eigenvalue weighted by atomic mass is 9.86. The smallest absolute Gasteiger partial charge is 0.0279 e. The quantitative estimate of drug-likeness (QED) is 0.223. The van der Waals surface area contributed by atoms with E-state index in [-0.39, 0.29) is 0 Å². The van der Waals surface area contributed by atoms with Gasteiger partial charge in [-0.15, -0.1) is 0 Å². The molecule has 1 saturated carbocycles. The molecule has 0 heteroatoms. The van der Waals surface area contributed by atoms with Gasteiger partial charge in [0.05, 0.1) is 0 Å². The maximum Gasteiger partial charge on any atom is -0.0279 e. The average Bonchev–Trinajstić information content (AvgIpc) is 2.97. The minimum absolute atomic E-state index is 1.11. The molecule has 222 valence electrons. The summed E-state index contributed by atoms with van der Waals surface area (Å²) in [5.41, 5.74) is 7.00. The fourth-order valence-electron chi connectivity index (χ4n) is 5.42. The van der Waals surface area contributed by atoms with Crippen LogP contribution < -0.4 is 0 Å². The summed E-state index contributed by atoms with van der Waals surface area (Å²) in [5, 5.41) is 0. The van der Waals surface area contributed by atoms with E-state index in [1.807, 2.05) is 0 Å². The number of hydrogen-bond donors (Lipinski definition) is 0. The van der Waals surface area contributed by atoms with Crippen LogP contribution in [0.5, 0.6) is 0 Å². The van der Waals surface area contributed by atoms with E-state index >= 15 is 0 Å². The molecule has 0 amide bonds. The summed E-state index contributed by atoms with van der Waals surface area (Å²) in [5.74, 6) is 1.11. The third kappa shape index (κ3) is 19.7. The van der Waals surface area contributed by atoms with E-state index in [0.29, 0.717) is 0 Å². The zero-order valence-corrected chi connectivity index (χ0v) is 27.2. The van der Waals surface area contributed by atoms with Crippen LogP contribution in [0.3, 0.4) is 0 Å². The van der Waals surface area contributed by atoms with Crippen LogP contribution in [0.4, 0.5) is 0 Å². The molecule has 40 heavy (non-hydrogen) atoms. The first kappa shape index (κ1) is 35.7. The fourth-order valence-corrected chi connectivity index (χ4v) is 5.42. The first-order valence-corrected chi connectivity index (χ1v) is 16.6. The minimum atomic E-state index is 1.11. The summed E-state index contributed by atoms with van der Waals surface area (Å²) in [6.45, 7) is 13.1. The molecule has 3 aromatic rings. The average molecular weight is 543 g/mol. The molecule has 0 spiro atoms. The van der Waals surface area contributed by atoms with Crippen LogP contribution in [-0.2, 0) is 12.8 Å². The van der Waals surface area contributed by atoms with Gasteiger partial charge in [0.25, 0.3) is 0 Å². The van der Waals surface area contributed by atoms with Crippen molar-refractivity contribution in [2.45, 2.75) is 138 Å². The van der Waals surface area contributed by atoms with Crippen LogP contribution >= 0.6 is 0 Å². The molecule has 0 N–H and O–H groups in total. The Balaban J connectivity index is 0.000000267. The van der Waals surface area contributed by atoms with Crippen LogP contribution in [0.25, 0.3) is 0 Å². The maximum absolute atomic E-state index is 2.29. The van der Waals surface area contributed by atoms with Crippen LogP contribution in [0.15, 0.2) is 78.9 Å². The Bertz CT molecular complexity index is 884. The summed E-state index contributed by atoms with van der Waals surface area (Å²) in [4.78, 5) is 0. The molecule has 0 aromatic heterocycles. The van der Waals surface area contributed by atoms with E-state index in [1.165, 1.54) is 124 Å². The molecular formula is C40H62. The predicted octanol–water partition coefficient (Wildman–Crippen LogP) is 12.8. The number of rotatable bonds is 10. The Morgan fingerprint density at radius 1 is 0.500 bits per heavy atom. The molecule has 4 rings (SSSR count). The molecule has 1 aliphatic rings. The molecular weight excluding hydrogens is 480 g/mol. The summed E-state index contributed by atoms with van der Waals surface area (Å²) in [7, 11) is 0. The van der Waals surface area contributed by atoms with Gasteiger partial charge in [-0.1, -0.05) is 187 Å². The molecule has 0 unspecified atom stereocenters. The highest BCUT2D eigenvalue weighted by Crippen LogP contribution is 2.27.